The zero-order valence-corrected chi connectivity index (χ0v) is 12.5. The van der Waals surface area contributed by atoms with E-state index in [9.17, 15) is 9.59 Å². The summed E-state index contributed by atoms with van der Waals surface area (Å²) in [6.07, 6.45) is 1.41. The number of carbonyl (C=O) groups is 2. The highest BCUT2D eigenvalue weighted by molar-refractivity contribution is 5.85. The lowest BCUT2D eigenvalue weighted by atomic mass is 10.1. The fraction of sp³-hybridized carbons (Fsp3) is 0.438. The summed E-state index contributed by atoms with van der Waals surface area (Å²) < 4.78 is 6.64. The van der Waals surface area contributed by atoms with Crippen LogP contribution in [0.25, 0.3) is 10.9 Å². The molecule has 0 radical (unpaired) electrons. The van der Waals surface area contributed by atoms with E-state index < -0.39 is 0 Å². The molecule has 0 N–H and O–H groups in total. The van der Waals surface area contributed by atoms with E-state index in [1.807, 2.05) is 36.0 Å². The fourth-order valence-electron chi connectivity index (χ4n) is 2.33. The Morgan fingerprint density at radius 3 is 2.71 bits per heavy atom. The standard InChI is InChI=1S/C16H20N2O3/c1-3-21-16(20)11-9-12(19)8-10-14-13-6-4-5-7-15(13)18(2)17-14/h4-7H,3,8-11H2,1-2H3. The molecule has 0 bridgehead atoms. The lowest BCUT2D eigenvalue weighted by molar-refractivity contribution is -0.144. The number of esters is 1. The zero-order chi connectivity index (χ0) is 15.2. The van der Waals surface area contributed by atoms with Gasteiger partial charge in [-0.15, -0.1) is 0 Å². The quantitative estimate of drug-likeness (QED) is 0.734. The van der Waals surface area contributed by atoms with Crippen molar-refractivity contribution in [3.05, 3.63) is 30.0 Å². The fourth-order valence-corrected chi connectivity index (χ4v) is 2.33. The first kappa shape index (κ1) is 15.2. The molecule has 21 heavy (non-hydrogen) atoms. The van der Waals surface area contributed by atoms with Crippen LogP contribution in [0.2, 0.25) is 0 Å². The number of para-hydroxylation sites is 1. The number of fused-ring (bicyclic) bond motifs is 1. The normalized spacial score (nSPS) is 10.8. The second-order valence-corrected chi connectivity index (χ2v) is 4.93. The molecule has 0 aliphatic rings. The number of hydrogen-bond donors (Lipinski definition) is 0. The number of benzene rings is 1. The van der Waals surface area contributed by atoms with E-state index in [1.165, 1.54) is 0 Å². The van der Waals surface area contributed by atoms with Gasteiger partial charge < -0.3 is 4.74 Å². The van der Waals surface area contributed by atoms with Crippen LogP contribution in [0.3, 0.4) is 0 Å². The maximum atomic E-state index is 11.8. The number of carbonyl (C=O) groups excluding carboxylic acids is 2. The molecule has 0 saturated heterocycles. The van der Waals surface area contributed by atoms with Crippen LogP contribution in [0.15, 0.2) is 24.3 Å². The number of aryl methyl sites for hydroxylation is 2. The third kappa shape index (κ3) is 3.90. The van der Waals surface area contributed by atoms with Crippen LogP contribution in [0.5, 0.6) is 0 Å². The van der Waals surface area contributed by atoms with Crippen molar-refractivity contribution < 1.29 is 14.3 Å². The highest BCUT2D eigenvalue weighted by atomic mass is 16.5. The van der Waals surface area contributed by atoms with Gasteiger partial charge in [0.15, 0.2) is 0 Å². The van der Waals surface area contributed by atoms with Crippen LogP contribution < -0.4 is 0 Å². The number of aromatic nitrogens is 2. The molecule has 2 aromatic rings. The van der Waals surface area contributed by atoms with Gasteiger partial charge in [0.2, 0.25) is 0 Å². The van der Waals surface area contributed by atoms with E-state index in [1.54, 1.807) is 6.92 Å². The number of hydrogen-bond acceptors (Lipinski definition) is 4. The van der Waals surface area contributed by atoms with E-state index in [0.717, 1.165) is 16.6 Å². The molecule has 0 aliphatic carbocycles. The van der Waals surface area contributed by atoms with Crippen LogP contribution >= 0.6 is 0 Å². The Balaban J connectivity index is 1.90. The predicted molar refractivity (Wildman–Crippen MR) is 79.9 cm³/mol. The van der Waals surface area contributed by atoms with Crippen molar-refractivity contribution in [3.63, 3.8) is 0 Å². The number of rotatable bonds is 7. The smallest absolute Gasteiger partial charge is 0.306 e. The van der Waals surface area contributed by atoms with Crippen molar-refractivity contribution in [2.24, 2.45) is 7.05 Å². The molecule has 0 saturated carbocycles. The molecular weight excluding hydrogens is 268 g/mol. The van der Waals surface area contributed by atoms with E-state index in [-0.39, 0.29) is 24.6 Å². The first-order valence-electron chi connectivity index (χ1n) is 7.19. The largest absolute Gasteiger partial charge is 0.466 e. The monoisotopic (exact) mass is 288 g/mol. The van der Waals surface area contributed by atoms with Crippen molar-refractivity contribution in [2.45, 2.75) is 32.6 Å². The van der Waals surface area contributed by atoms with Gasteiger partial charge in [-0.1, -0.05) is 18.2 Å². The molecule has 1 aromatic carbocycles. The van der Waals surface area contributed by atoms with E-state index in [2.05, 4.69) is 5.10 Å². The van der Waals surface area contributed by atoms with Crippen molar-refractivity contribution in [3.8, 4) is 0 Å². The van der Waals surface area contributed by atoms with Crippen molar-refractivity contribution in [2.75, 3.05) is 6.61 Å². The maximum absolute atomic E-state index is 11.8. The minimum Gasteiger partial charge on any atom is -0.466 e. The second kappa shape index (κ2) is 7.02. The number of Topliss-reactive ketones (excluding diaryl/α,β-unsaturated/α-hetero) is 1. The summed E-state index contributed by atoms with van der Waals surface area (Å²) in [4.78, 5) is 23.0. The highest BCUT2D eigenvalue weighted by Crippen LogP contribution is 2.18. The molecule has 0 atom stereocenters. The average molecular weight is 288 g/mol. The van der Waals surface area contributed by atoms with Crippen molar-refractivity contribution >= 4 is 22.7 Å². The van der Waals surface area contributed by atoms with Crippen LogP contribution in [0.1, 0.15) is 31.9 Å². The predicted octanol–water partition coefficient (Wildman–Crippen LogP) is 2.42. The summed E-state index contributed by atoms with van der Waals surface area (Å²) in [5.41, 5.74) is 1.99. The van der Waals surface area contributed by atoms with E-state index in [4.69, 9.17) is 4.74 Å². The van der Waals surface area contributed by atoms with Gasteiger partial charge in [0.1, 0.15) is 5.78 Å². The van der Waals surface area contributed by atoms with Gasteiger partial charge in [-0.25, -0.2) is 0 Å². The van der Waals surface area contributed by atoms with E-state index in [0.29, 0.717) is 19.4 Å². The summed E-state index contributed by atoms with van der Waals surface area (Å²) >= 11 is 0. The summed E-state index contributed by atoms with van der Waals surface area (Å²) in [7, 11) is 1.90. The molecule has 5 nitrogen and oxygen atoms in total. The van der Waals surface area contributed by atoms with Gasteiger partial charge in [-0.3, -0.25) is 14.3 Å². The highest BCUT2D eigenvalue weighted by Gasteiger charge is 2.11. The van der Waals surface area contributed by atoms with Crippen LogP contribution in [0, 0.1) is 0 Å². The molecule has 0 spiro atoms. The van der Waals surface area contributed by atoms with Crippen LogP contribution in [-0.4, -0.2) is 28.1 Å². The van der Waals surface area contributed by atoms with Crippen molar-refractivity contribution in [1.29, 1.82) is 0 Å². The van der Waals surface area contributed by atoms with E-state index >= 15 is 0 Å². The molecule has 0 aliphatic heterocycles. The number of nitrogens with zero attached hydrogens (tertiary/aromatic N) is 2. The topological polar surface area (TPSA) is 61.2 Å². The number of ketones is 1. The Hall–Kier alpha value is -2.17. The first-order chi connectivity index (χ1) is 10.1. The Morgan fingerprint density at radius 2 is 1.95 bits per heavy atom. The van der Waals surface area contributed by atoms with Gasteiger partial charge in [0.05, 0.1) is 24.2 Å². The summed E-state index contributed by atoms with van der Waals surface area (Å²) in [6, 6.07) is 7.96. The molecule has 0 fully saturated rings. The Kier molecular flexibility index (Phi) is 5.09. The third-order valence-corrected chi connectivity index (χ3v) is 3.39. The SMILES string of the molecule is CCOC(=O)CCC(=O)CCc1nn(C)c2ccccc12. The van der Waals surface area contributed by atoms with Gasteiger partial charge in [-0.2, -0.15) is 5.10 Å². The molecule has 1 heterocycles. The van der Waals surface area contributed by atoms with Crippen LogP contribution in [0.4, 0.5) is 0 Å². The second-order valence-electron chi connectivity index (χ2n) is 4.93. The summed E-state index contributed by atoms with van der Waals surface area (Å²) in [5.74, 6) is -0.244. The maximum Gasteiger partial charge on any atom is 0.306 e. The number of ether oxygens (including phenoxy) is 1. The molecule has 5 heteroatoms. The molecular formula is C16H20N2O3. The molecule has 0 amide bonds. The minimum atomic E-state index is -0.311. The Morgan fingerprint density at radius 1 is 1.19 bits per heavy atom. The van der Waals surface area contributed by atoms with Crippen LogP contribution in [-0.2, 0) is 27.8 Å². The molecule has 0 unspecified atom stereocenters. The molecule has 112 valence electrons. The lowest BCUT2D eigenvalue weighted by Gasteiger charge is -2.01. The molecule has 2 rings (SSSR count). The summed E-state index contributed by atoms with van der Waals surface area (Å²) in [6.45, 7) is 2.11. The lowest BCUT2D eigenvalue weighted by Crippen LogP contribution is -2.08. The average Bonchev–Trinajstić information content (AvgIpc) is 2.80. The van der Waals surface area contributed by atoms with Gasteiger partial charge in [0, 0.05) is 25.3 Å². The minimum absolute atomic E-state index is 0.0674. The summed E-state index contributed by atoms with van der Waals surface area (Å²) in [5, 5.41) is 5.54. The molecule has 1 aromatic heterocycles. The third-order valence-electron chi connectivity index (χ3n) is 3.39. The van der Waals surface area contributed by atoms with Gasteiger partial charge in [-0.05, 0) is 19.4 Å². The zero-order valence-electron chi connectivity index (χ0n) is 12.5. The van der Waals surface area contributed by atoms with Gasteiger partial charge in [0.25, 0.3) is 0 Å². The Bertz CT molecular complexity index is 646. The van der Waals surface area contributed by atoms with Gasteiger partial charge >= 0.3 is 5.97 Å². The Labute approximate surface area is 123 Å². The van der Waals surface area contributed by atoms with Crippen molar-refractivity contribution in [1.82, 2.24) is 9.78 Å². The first-order valence-corrected chi connectivity index (χ1v) is 7.19.